The van der Waals surface area contributed by atoms with Gasteiger partial charge in [-0.05, 0) is 19.8 Å². The summed E-state index contributed by atoms with van der Waals surface area (Å²) in [5.41, 5.74) is 0.0627. The van der Waals surface area contributed by atoms with Gasteiger partial charge in [0, 0.05) is 24.5 Å². The molecular formula is C13H26N2O. The molecule has 94 valence electrons. The number of hydrogen-bond donors (Lipinski definition) is 2. The highest BCUT2D eigenvalue weighted by Gasteiger charge is 2.27. The molecule has 0 atom stereocenters. The summed E-state index contributed by atoms with van der Waals surface area (Å²) in [6.45, 7) is 7.15. The topological polar surface area (TPSA) is 41.1 Å². The van der Waals surface area contributed by atoms with Gasteiger partial charge in [0.05, 0.1) is 0 Å². The van der Waals surface area contributed by atoms with E-state index in [2.05, 4.69) is 31.4 Å². The van der Waals surface area contributed by atoms with E-state index >= 15 is 0 Å². The smallest absolute Gasteiger partial charge is 0.221 e. The second-order valence-electron chi connectivity index (χ2n) is 5.53. The van der Waals surface area contributed by atoms with E-state index in [0.717, 1.165) is 19.4 Å². The van der Waals surface area contributed by atoms with Gasteiger partial charge in [0.25, 0.3) is 0 Å². The monoisotopic (exact) mass is 226 g/mol. The zero-order valence-electron chi connectivity index (χ0n) is 10.9. The second kappa shape index (κ2) is 6.24. The Morgan fingerprint density at radius 1 is 1.25 bits per heavy atom. The van der Waals surface area contributed by atoms with E-state index in [1.165, 1.54) is 19.3 Å². The first-order valence-electron chi connectivity index (χ1n) is 6.56. The van der Waals surface area contributed by atoms with Gasteiger partial charge in [0.2, 0.25) is 5.91 Å². The highest BCUT2D eigenvalue weighted by atomic mass is 16.1. The Bertz CT molecular complexity index is 220. The Labute approximate surface area is 99.4 Å². The fourth-order valence-corrected chi connectivity index (χ4v) is 2.33. The van der Waals surface area contributed by atoms with E-state index in [-0.39, 0.29) is 11.4 Å². The minimum atomic E-state index is 0.0627. The van der Waals surface area contributed by atoms with Crippen molar-refractivity contribution >= 4 is 5.91 Å². The first-order chi connectivity index (χ1) is 7.52. The molecule has 16 heavy (non-hydrogen) atoms. The summed E-state index contributed by atoms with van der Waals surface area (Å²) in [5.74, 6) is 0.192. The molecule has 0 spiro atoms. The van der Waals surface area contributed by atoms with E-state index in [1.807, 2.05) is 0 Å². The van der Waals surface area contributed by atoms with Crippen LogP contribution in [0.5, 0.6) is 0 Å². The second-order valence-corrected chi connectivity index (χ2v) is 5.53. The van der Waals surface area contributed by atoms with Crippen LogP contribution in [0, 0.1) is 0 Å². The summed E-state index contributed by atoms with van der Waals surface area (Å²) < 4.78 is 0. The van der Waals surface area contributed by atoms with Gasteiger partial charge in [0.15, 0.2) is 0 Å². The van der Waals surface area contributed by atoms with E-state index < -0.39 is 0 Å². The van der Waals surface area contributed by atoms with Gasteiger partial charge >= 0.3 is 0 Å². The molecule has 0 bridgehead atoms. The van der Waals surface area contributed by atoms with Gasteiger partial charge in [-0.15, -0.1) is 0 Å². The van der Waals surface area contributed by atoms with Gasteiger partial charge in [-0.1, -0.05) is 33.1 Å². The Morgan fingerprint density at radius 2 is 1.88 bits per heavy atom. The summed E-state index contributed by atoms with van der Waals surface area (Å²) in [5, 5.41) is 6.46. The molecule has 3 heteroatoms. The summed E-state index contributed by atoms with van der Waals surface area (Å²) in [6, 6.07) is 0.457. The molecule has 0 saturated heterocycles. The SMILES string of the molecule is CC(C)NCCC(=O)NC1(C)CCCCC1. The predicted octanol–water partition coefficient (Wildman–Crippen LogP) is 2.21. The predicted molar refractivity (Wildman–Crippen MR) is 67.4 cm³/mol. The standard InChI is InChI=1S/C13H26N2O/c1-11(2)14-10-7-12(16)15-13(3)8-5-4-6-9-13/h11,14H,4-10H2,1-3H3,(H,15,16). The Kier molecular flexibility index (Phi) is 5.26. The van der Waals surface area contributed by atoms with Crippen LogP contribution in [0.3, 0.4) is 0 Å². The average Bonchev–Trinajstić information content (AvgIpc) is 2.17. The molecule has 0 aromatic rings. The zero-order valence-corrected chi connectivity index (χ0v) is 10.9. The number of carbonyl (C=O) groups excluding carboxylic acids is 1. The third-order valence-corrected chi connectivity index (χ3v) is 3.30. The molecule has 1 aliphatic carbocycles. The van der Waals surface area contributed by atoms with Crippen LogP contribution in [0.1, 0.15) is 59.3 Å². The first kappa shape index (κ1) is 13.5. The lowest BCUT2D eigenvalue weighted by atomic mass is 9.83. The number of nitrogens with one attached hydrogen (secondary N) is 2. The molecule has 0 radical (unpaired) electrons. The summed E-state index contributed by atoms with van der Waals surface area (Å²) in [7, 11) is 0. The van der Waals surface area contributed by atoms with Gasteiger partial charge in [-0.25, -0.2) is 0 Å². The van der Waals surface area contributed by atoms with Crippen LogP contribution < -0.4 is 10.6 Å². The molecule has 0 heterocycles. The molecule has 0 aromatic heterocycles. The molecule has 1 saturated carbocycles. The van der Waals surface area contributed by atoms with Crippen molar-refractivity contribution in [2.24, 2.45) is 0 Å². The van der Waals surface area contributed by atoms with E-state index in [0.29, 0.717) is 12.5 Å². The number of rotatable bonds is 5. The van der Waals surface area contributed by atoms with Crippen molar-refractivity contribution in [3.05, 3.63) is 0 Å². The maximum atomic E-state index is 11.7. The third-order valence-electron chi connectivity index (χ3n) is 3.30. The Hall–Kier alpha value is -0.570. The van der Waals surface area contributed by atoms with Crippen molar-refractivity contribution in [2.75, 3.05) is 6.54 Å². The molecule has 0 aliphatic heterocycles. The van der Waals surface area contributed by atoms with E-state index in [4.69, 9.17) is 0 Å². The van der Waals surface area contributed by atoms with E-state index in [1.54, 1.807) is 0 Å². The molecule has 1 rings (SSSR count). The first-order valence-corrected chi connectivity index (χ1v) is 6.56. The number of amides is 1. The molecule has 1 fully saturated rings. The van der Waals surface area contributed by atoms with Crippen LogP contribution in [-0.2, 0) is 4.79 Å². The largest absolute Gasteiger partial charge is 0.351 e. The van der Waals surface area contributed by atoms with Crippen LogP contribution in [0.25, 0.3) is 0 Å². The van der Waals surface area contributed by atoms with Crippen LogP contribution in [0.2, 0.25) is 0 Å². The van der Waals surface area contributed by atoms with Crippen molar-refractivity contribution in [2.45, 2.75) is 70.9 Å². The summed E-state index contributed by atoms with van der Waals surface area (Å²) in [6.07, 6.45) is 6.68. The maximum Gasteiger partial charge on any atom is 0.221 e. The van der Waals surface area contributed by atoms with Gasteiger partial charge in [-0.2, -0.15) is 0 Å². The quantitative estimate of drug-likeness (QED) is 0.754. The highest BCUT2D eigenvalue weighted by Crippen LogP contribution is 2.27. The fourth-order valence-electron chi connectivity index (χ4n) is 2.33. The van der Waals surface area contributed by atoms with Gasteiger partial charge in [-0.3, -0.25) is 4.79 Å². The van der Waals surface area contributed by atoms with Gasteiger partial charge < -0.3 is 10.6 Å². The lowest BCUT2D eigenvalue weighted by molar-refractivity contribution is -0.123. The summed E-state index contributed by atoms with van der Waals surface area (Å²) >= 11 is 0. The minimum Gasteiger partial charge on any atom is -0.351 e. The van der Waals surface area contributed by atoms with Crippen LogP contribution >= 0.6 is 0 Å². The molecule has 3 nitrogen and oxygen atoms in total. The van der Waals surface area contributed by atoms with Crippen molar-refractivity contribution < 1.29 is 4.79 Å². The van der Waals surface area contributed by atoms with Crippen LogP contribution in [0.4, 0.5) is 0 Å². The molecular weight excluding hydrogens is 200 g/mol. The average molecular weight is 226 g/mol. The molecule has 0 unspecified atom stereocenters. The maximum absolute atomic E-state index is 11.7. The minimum absolute atomic E-state index is 0.0627. The van der Waals surface area contributed by atoms with E-state index in [9.17, 15) is 4.79 Å². The lowest BCUT2D eigenvalue weighted by Gasteiger charge is -2.34. The lowest BCUT2D eigenvalue weighted by Crippen LogP contribution is -2.47. The molecule has 0 aromatic carbocycles. The zero-order chi connectivity index (χ0) is 12.0. The number of hydrogen-bond acceptors (Lipinski definition) is 2. The highest BCUT2D eigenvalue weighted by molar-refractivity contribution is 5.76. The van der Waals surface area contributed by atoms with Crippen LogP contribution in [-0.4, -0.2) is 24.0 Å². The third kappa shape index (κ3) is 4.97. The van der Waals surface area contributed by atoms with Crippen molar-refractivity contribution in [3.63, 3.8) is 0 Å². The van der Waals surface area contributed by atoms with Gasteiger partial charge in [0.1, 0.15) is 0 Å². The molecule has 1 amide bonds. The number of carbonyl (C=O) groups is 1. The Morgan fingerprint density at radius 3 is 2.44 bits per heavy atom. The van der Waals surface area contributed by atoms with Crippen LogP contribution in [0.15, 0.2) is 0 Å². The molecule has 2 N–H and O–H groups in total. The Balaban J connectivity index is 2.22. The normalized spacial score (nSPS) is 19.8. The summed E-state index contributed by atoms with van der Waals surface area (Å²) in [4.78, 5) is 11.7. The van der Waals surface area contributed by atoms with Crippen molar-refractivity contribution in [3.8, 4) is 0 Å². The molecule has 1 aliphatic rings. The fraction of sp³-hybridized carbons (Fsp3) is 0.923. The van der Waals surface area contributed by atoms with Crippen molar-refractivity contribution in [1.29, 1.82) is 0 Å². The van der Waals surface area contributed by atoms with Crippen molar-refractivity contribution in [1.82, 2.24) is 10.6 Å².